The molecule has 0 aromatic heterocycles. The lowest BCUT2D eigenvalue weighted by molar-refractivity contribution is -0.135. The number of benzene rings is 1. The largest absolute Gasteiger partial charge is 0.493 e. The van der Waals surface area contributed by atoms with E-state index in [9.17, 15) is 14.0 Å². The Hall–Kier alpha value is -2.68. The average Bonchev–Trinajstić information content (AvgIpc) is 2.94. The Morgan fingerprint density at radius 2 is 2.19 bits per heavy atom. The number of hydrogen-bond donors (Lipinski definition) is 1. The van der Waals surface area contributed by atoms with Crippen molar-refractivity contribution in [3.8, 4) is 5.75 Å². The summed E-state index contributed by atoms with van der Waals surface area (Å²) in [6, 6.07) is 4.24. The number of nitrogens with zero attached hydrogens (tertiary/aromatic N) is 2. The van der Waals surface area contributed by atoms with Crippen LogP contribution in [0.25, 0.3) is 0 Å². The maximum atomic E-state index is 13.6. The van der Waals surface area contributed by atoms with Gasteiger partial charge in [-0.15, -0.1) is 5.10 Å². The molecule has 0 atom stereocenters. The van der Waals surface area contributed by atoms with Gasteiger partial charge in [-0.25, -0.2) is 9.18 Å². The van der Waals surface area contributed by atoms with E-state index in [0.29, 0.717) is 17.9 Å². The monoisotopic (exact) mass is 379 g/mol. The van der Waals surface area contributed by atoms with Gasteiger partial charge in [-0.3, -0.25) is 10.1 Å². The van der Waals surface area contributed by atoms with Crippen molar-refractivity contribution < 1.29 is 23.5 Å². The van der Waals surface area contributed by atoms with Crippen LogP contribution in [0.3, 0.4) is 0 Å². The molecule has 138 valence electrons. The number of thioether (sulfide) groups is 1. The number of amidine groups is 1. The highest BCUT2D eigenvalue weighted by Gasteiger charge is 2.24. The molecule has 0 saturated carbocycles. The first-order chi connectivity index (χ1) is 12.5. The molecule has 0 radical (unpaired) electrons. The molecule has 0 spiro atoms. The lowest BCUT2D eigenvalue weighted by Crippen LogP contribution is -2.19. The van der Waals surface area contributed by atoms with E-state index in [-0.39, 0.29) is 10.1 Å². The molecule has 1 aromatic carbocycles. The summed E-state index contributed by atoms with van der Waals surface area (Å²) in [5.41, 5.74) is 0.473. The summed E-state index contributed by atoms with van der Waals surface area (Å²) in [4.78, 5) is 23.0. The highest BCUT2D eigenvalue weighted by Crippen LogP contribution is 2.23. The minimum Gasteiger partial charge on any atom is -0.493 e. The van der Waals surface area contributed by atoms with Crippen LogP contribution in [0, 0.1) is 5.82 Å². The standard InChI is InChI=1S/C17H18FN3O4S/c1-3-4-5-25-13-7-11(6-12(18)8-13)10-19-21-17-20-16(23)14(26-17)9-15(22)24-2/h6-10H,3-5H2,1-2H3,(H,20,21,23)/b14-9+,19-10?. The quantitative estimate of drug-likeness (QED) is 0.259. The SMILES string of the molecule is CCCCOc1cc(F)cc(C=N/N=C2/NC(=O)/C(=C\C(=O)OC)S2)c1. The number of carbonyl (C=O) groups excluding carboxylic acids is 2. The van der Waals surface area contributed by atoms with Gasteiger partial charge in [-0.05, 0) is 30.3 Å². The fraction of sp³-hybridized carbons (Fsp3) is 0.294. The van der Waals surface area contributed by atoms with Crippen molar-refractivity contribution >= 4 is 35.0 Å². The first kappa shape index (κ1) is 19.6. The van der Waals surface area contributed by atoms with Crippen molar-refractivity contribution in [2.24, 2.45) is 10.2 Å². The fourth-order valence-corrected chi connectivity index (χ4v) is 2.60. The molecule has 0 bridgehead atoms. The normalized spacial score (nSPS) is 17.1. The summed E-state index contributed by atoms with van der Waals surface area (Å²) in [6.45, 7) is 2.55. The van der Waals surface area contributed by atoms with Crippen LogP contribution in [-0.2, 0) is 14.3 Å². The average molecular weight is 379 g/mol. The molecule has 1 amide bonds. The number of unbranched alkanes of at least 4 members (excludes halogenated alkanes) is 1. The highest BCUT2D eigenvalue weighted by molar-refractivity contribution is 8.18. The van der Waals surface area contributed by atoms with Gasteiger partial charge >= 0.3 is 5.97 Å². The lowest BCUT2D eigenvalue weighted by Gasteiger charge is -2.06. The molecular formula is C17H18FN3O4S. The second-order valence-electron chi connectivity index (χ2n) is 5.16. The van der Waals surface area contributed by atoms with Gasteiger partial charge < -0.3 is 9.47 Å². The lowest BCUT2D eigenvalue weighted by atomic mass is 10.2. The number of methoxy groups -OCH3 is 1. The van der Waals surface area contributed by atoms with E-state index in [1.165, 1.54) is 25.5 Å². The molecule has 2 rings (SSSR count). The summed E-state index contributed by atoms with van der Waals surface area (Å²) in [5.74, 6) is -1.13. The summed E-state index contributed by atoms with van der Waals surface area (Å²) < 4.78 is 23.6. The van der Waals surface area contributed by atoms with E-state index in [0.717, 1.165) is 30.7 Å². The van der Waals surface area contributed by atoms with E-state index >= 15 is 0 Å². The second kappa shape index (κ2) is 9.71. The Labute approximate surface area is 154 Å². The van der Waals surface area contributed by atoms with E-state index in [1.54, 1.807) is 6.07 Å². The van der Waals surface area contributed by atoms with Crippen LogP contribution >= 0.6 is 11.8 Å². The molecule has 7 nitrogen and oxygen atoms in total. The Morgan fingerprint density at radius 3 is 2.92 bits per heavy atom. The maximum Gasteiger partial charge on any atom is 0.331 e. The first-order valence-electron chi connectivity index (χ1n) is 7.85. The predicted molar refractivity (Wildman–Crippen MR) is 97.7 cm³/mol. The summed E-state index contributed by atoms with van der Waals surface area (Å²) in [5, 5.41) is 10.3. The smallest absolute Gasteiger partial charge is 0.331 e. The fourth-order valence-electron chi connectivity index (χ4n) is 1.87. The molecule has 0 aliphatic carbocycles. The topological polar surface area (TPSA) is 89.4 Å². The maximum absolute atomic E-state index is 13.6. The van der Waals surface area contributed by atoms with Crippen LogP contribution in [0.4, 0.5) is 4.39 Å². The van der Waals surface area contributed by atoms with Crippen LogP contribution in [0.2, 0.25) is 0 Å². The van der Waals surface area contributed by atoms with Crippen LogP contribution in [-0.4, -0.2) is 37.0 Å². The molecule has 1 aromatic rings. The van der Waals surface area contributed by atoms with Crippen molar-refractivity contribution in [2.75, 3.05) is 13.7 Å². The van der Waals surface area contributed by atoms with E-state index in [4.69, 9.17) is 4.74 Å². The zero-order chi connectivity index (χ0) is 18.9. The minimum atomic E-state index is -0.636. The number of halogens is 1. The van der Waals surface area contributed by atoms with Crippen LogP contribution in [0.5, 0.6) is 5.75 Å². The number of esters is 1. The third-order valence-electron chi connectivity index (χ3n) is 3.12. The first-order valence-corrected chi connectivity index (χ1v) is 8.66. The number of carbonyl (C=O) groups is 2. The summed E-state index contributed by atoms with van der Waals surface area (Å²) >= 11 is 0.955. The molecule has 0 unspecified atom stereocenters. The van der Waals surface area contributed by atoms with Crippen LogP contribution in [0.15, 0.2) is 39.4 Å². The van der Waals surface area contributed by atoms with Crippen molar-refractivity contribution in [1.29, 1.82) is 0 Å². The molecule has 1 saturated heterocycles. The Bertz CT molecular complexity index is 777. The molecular weight excluding hydrogens is 361 g/mol. The van der Waals surface area contributed by atoms with Crippen molar-refractivity contribution in [3.63, 3.8) is 0 Å². The van der Waals surface area contributed by atoms with Gasteiger partial charge in [-0.1, -0.05) is 13.3 Å². The third kappa shape index (κ3) is 5.99. The zero-order valence-corrected chi connectivity index (χ0v) is 15.1. The van der Waals surface area contributed by atoms with Crippen molar-refractivity contribution in [1.82, 2.24) is 5.32 Å². The molecule has 1 heterocycles. The number of ether oxygens (including phenoxy) is 2. The predicted octanol–water partition coefficient (Wildman–Crippen LogP) is 2.61. The van der Waals surface area contributed by atoms with E-state index in [2.05, 4.69) is 20.3 Å². The Balaban J connectivity index is 2.04. The number of hydrogen-bond acceptors (Lipinski definition) is 7. The molecule has 1 aliphatic rings. The number of nitrogens with one attached hydrogen (secondary N) is 1. The van der Waals surface area contributed by atoms with E-state index in [1.807, 2.05) is 6.92 Å². The number of rotatable bonds is 7. The van der Waals surface area contributed by atoms with Gasteiger partial charge in [0.1, 0.15) is 11.6 Å². The van der Waals surface area contributed by atoms with E-state index < -0.39 is 17.7 Å². The highest BCUT2D eigenvalue weighted by atomic mass is 32.2. The molecule has 1 N–H and O–H groups in total. The molecule has 1 fully saturated rings. The third-order valence-corrected chi connectivity index (χ3v) is 4.02. The van der Waals surface area contributed by atoms with Gasteiger partial charge in [0.25, 0.3) is 5.91 Å². The van der Waals surface area contributed by atoms with Crippen molar-refractivity contribution in [3.05, 3.63) is 40.6 Å². The Morgan fingerprint density at radius 1 is 1.38 bits per heavy atom. The number of amides is 1. The van der Waals surface area contributed by atoms with Gasteiger partial charge in [-0.2, -0.15) is 5.10 Å². The van der Waals surface area contributed by atoms with Crippen LogP contribution in [0.1, 0.15) is 25.3 Å². The van der Waals surface area contributed by atoms with Crippen LogP contribution < -0.4 is 10.1 Å². The molecule has 1 aliphatic heterocycles. The molecule has 26 heavy (non-hydrogen) atoms. The van der Waals surface area contributed by atoms with Gasteiger partial charge in [0.05, 0.1) is 24.8 Å². The minimum absolute atomic E-state index is 0.156. The van der Waals surface area contributed by atoms with Gasteiger partial charge in [0.15, 0.2) is 5.17 Å². The molecule has 9 heteroatoms. The van der Waals surface area contributed by atoms with Crippen molar-refractivity contribution in [2.45, 2.75) is 19.8 Å². The summed E-state index contributed by atoms with van der Waals surface area (Å²) in [7, 11) is 1.22. The summed E-state index contributed by atoms with van der Waals surface area (Å²) in [6.07, 6.45) is 4.28. The van der Waals surface area contributed by atoms with Gasteiger partial charge in [0, 0.05) is 17.7 Å². The zero-order valence-electron chi connectivity index (χ0n) is 14.3. The second-order valence-corrected chi connectivity index (χ2v) is 6.19. The van der Waals surface area contributed by atoms with Gasteiger partial charge in [0.2, 0.25) is 0 Å². The Kier molecular flexibility index (Phi) is 7.34.